The number of piperazine rings is 1. The predicted molar refractivity (Wildman–Crippen MR) is 104 cm³/mol. The van der Waals surface area contributed by atoms with E-state index in [0.29, 0.717) is 6.42 Å². The van der Waals surface area contributed by atoms with E-state index >= 15 is 0 Å². The quantitative estimate of drug-likeness (QED) is 0.850. The van der Waals surface area contributed by atoms with E-state index in [-0.39, 0.29) is 36.8 Å². The number of carbonyl (C=O) groups is 1. The maximum absolute atomic E-state index is 12.1. The summed E-state index contributed by atoms with van der Waals surface area (Å²) >= 11 is 0. The lowest BCUT2D eigenvalue weighted by Crippen LogP contribution is -2.48. The highest BCUT2D eigenvalue weighted by atomic mass is 35.5. The summed E-state index contributed by atoms with van der Waals surface area (Å²) in [5.74, 6) is 0.231. The first-order valence-corrected chi connectivity index (χ1v) is 8.30. The summed E-state index contributed by atoms with van der Waals surface area (Å²) in [7, 11) is 0. The Hall–Kier alpha value is -1.34. The Kier molecular flexibility index (Phi) is 8.65. The van der Waals surface area contributed by atoms with Gasteiger partial charge >= 0.3 is 0 Å². The van der Waals surface area contributed by atoms with Gasteiger partial charge in [0.25, 0.3) is 0 Å². The van der Waals surface area contributed by atoms with Crippen LogP contribution in [0, 0.1) is 0 Å². The molecule has 0 saturated carbocycles. The van der Waals surface area contributed by atoms with Crippen LogP contribution < -0.4 is 5.73 Å². The van der Waals surface area contributed by atoms with Crippen LogP contribution >= 0.6 is 24.8 Å². The molecule has 1 aliphatic heterocycles. The lowest BCUT2D eigenvalue weighted by atomic mass is 10.1. The Balaban J connectivity index is 0.00000156. The van der Waals surface area contributed by atoms with Crippen molar-refractivity contribution in [1.29, 1.82) is 0 Å². The fraction of sp³-hybridized carbons (Fsp3) is 0.529. The molecule has 1 amide bonds. The van der Waals surface area contributed by atoms with Gasteiger partial charge in [-0.15, -0.1) is 24.8 Å². The van der Waals surface area contributed by atoms with E-state index in [9.17, 15) is 4.79 Å². The van der Waals surface area contributed by atoms with E-state index in [2.05, 4.69) is 16.1 Å². The van der Waals surface area contributed by atoms with Gasteiger partial charge in [-0.25, -0.2) is 4.98 Å². The molecule has 140 valence electrons. The minimum atomic E-state index is 0. The molecule has 8 heteroatoms. The van der Waals surface area contributed by atoms with Crippen LogP contribution in [0.5, 0.6) is 0 Å². The van der Waals surface area contributed by atoms with Gasteiger partial charge in [0, 0.05) is 57.6 Å². The molecule has 0 aromatic carbocycles. The Morgan fingerprint density at radius 2 is 1.96 bits per heavy atom. The maximum Gasteiger partial charge on any atom is 0.222 e. The van der Waals surface area contributed by atoms with E-state index in [0.717, 1.165) is 50.5 Å². The minimum absolute atomic E-state index is 0. The van der Waals surface area contributed by atoms with Gasteiger partial charge in [-0.1, -0.05) is 6.07 Å². The summed E-state index contributed by atoms with van der Waals surface area (Å²) in [5, 5.41) is 0. The van der Waals surface area contributed by atoms with Crippen molar-refractivity contribution in [3.05, 3.63) is 36.3 Å². The average molecular weight is 388 g/mol. The molecule has 0 spiro atoms. The summed E-state index contributed by atoms with van der Waals surface area (Å²) in [5.41, 5.74) is 7.78. The standard InChI is InChI=1S/C17H25N5O.2ClH/c1-14(18)5-6-17(23)21-10-8-20(9-11-21)12-15-13-22-7-3-2-4-16(22)19-15;;/h2-4,7,13-14H,5-6,8-12,18H2,1H3;2*1H. The van der Waals surface area contributed by atoms with Gasteiger partial charge in [0.1, 0.15) is 5.65 Å². The normalized spacial score (nSPS) is 16.2. The third-order valence-corrected chi connectivity index (χ3v) is 4.34. The van der Waals surface area contributed by atoms with Gasteiger partial charge in [0.2, 0.25) is 5.91 Å². The lowest BCUT2D eigenvalue weighted by Gasteiger charge is -2.34. The minimum Gasteiger partial charge on any atom is -0.340 e. The van der Waals surface area contributed by atoms with Gasteiger partial charge in [0.05, 0.1) is 5.69 Å². The molecular formula is C17H27Cl2N5O. The van der Waals surface area contributed by atoms with Crippen LogP contribution in [-0.4, -0.2) is 57.3 Å². The van der Waals surface area contributed by atoms with Crippen molar-refractivity contribution in [2.45, 2.75) is 32.4 Å². The molecule has 3 heterocycles. The third kappa shape index (κ3) is 5.85. The summed E-state index contributed by atoms with van der Waals surface area (Å²) in [4.78, 5) is 21.1. The van der Waals surface area contributed by atoms with E-state index < -0.39 is 0 Å². The Bertz CT molecular complexity index is 635. The van der Waals surface area contributed by atoms with Crippen molar-refractivity contribution in [3.8, 4) is 0 Å². The van der Waals surface area contributed by atoms with Crippen molar-refractivity contribution < 1.29 is 4.79 Å². The summed E-state index contributed by atoms with van der Waals surface area (Å²) in [6.07, 6.45) is 5.42. The Morgan fingerprint density at radius 1 is 1.24 bits per heavy atom. The number of hydrogen-bond donors (Lipinski definition) is 1. The number of nitrogens with two attached hydrogens (primary N) is 1. The third-order valence-electron chi connectivity index (χ3n) is 4.34. The second-order valence-corrected chi connectivity index (χ2v) is 6.37. The number of rotatable bonds is 5. The largest absolute Gasteiger partial charge is 0.340 e. The Labute approximate surface area is 161 Å². The monoisotopic (exact) mass is 387 g/mol. The molecule has 25 heavy (non-hydrogen) atoms. The predicted octanol–water partition coefficient (Wildman–Crippen LogP) is 1.95. The van der Waals surface area contributed by atoms with Crippen molar-refractivity contribution in [1.82, 2.24) is 19.2 Å². The van der Waals surface area contributed by atoms with Crippen LogP contribution in [0.1, 0.15) is 25.5 Å². The van der Waals surface area contributed by atoms with Crippen LogP contribution in [0.2, 0.25) is 0 Å². The maximum atomic E-state index is 12.1. The van der Waals surface area contributed by atoms with Crippen molar-refractivity contribution >= 4 is 36.4 Å². The number of imidazole rings is 1. The first-order chi connectivity index (χ1) is 11.1. The fourth-order valence-corrected chi connectivity index (χ4v) is 2.96. The molecule has 2 aromatic heterocycles. The number of amides is 1. The van der Waals surface area contributed by atoms with Crippen LogP contribution in [0.25, 0.3) is 5.65 Å². The van der Waals surface area contributed by atoms with Crippen LogP contribution in [-0.2, 0) is 11.3 Å². The molecular weight excluding hydrogens is 361 g/mol. The number of aromatic nitrogens is 2. The molecule has 1 saturated heterocycles. The summed E-state index contributed by atoms with van der Waals surface area (Å²) < 4.78 is 2.04. The molecule has 2 aromatic rings. The van der Waals surface area contributed by atoms with E-state index in [1.165, 1.54) is 0 Å². The number of halogens is 2. The fourth-order valence-electron chi connectivity index (χ4n) is 2.96. The number of nitrogens with zero attached hydrogens (tertiary/aromatic N) is 4. The molecule has 0 bridgehead atoms. The molecule has 1 atom stereocenters. The van der Waals surface area contributed by atoms with Gasteiger partial charge in [0.15, 0.2) is 0 Å². The molecule has 1 aliphatic rings. The SMILES string of the molecule is CC(N)CCC(=O)N1CCN(Cc2cn3ccccc3n2)CC1.Cl.Cl. The first-order valence-electron chi connectivity index (χ1n) is 8.30. The van der Waals surface area contributed by atoms with E-state index in [4.69, 9.17) is 5.73 Å². The lowest BCUT2D eigenvalue weighted by molar-refractivity contribution is -0.133. The van der Waals surface area contributed by atoms with Gasteiger partial charge in [-0.2, -0.15) is 0 Å². The number of pyridine rings is 1. The number of fused-ring (bicyclic) bond motifs is 1. The van der Waals surface area contributed by atoms with Crippen LogP contribution in [0.3, 0.4) is 0 Å². The molecule has 0 radical (unpaired) electrons. The zero-order chi connectivity index (χ0) is 16.2. The summed E-state index contributed by atoms with van der Waals surface area (Å²) in [6, 6.07) is 6.11. The summed E-state index contributed by atoms with van der Waals surface area (Å²) in [6.45, 7) is 6.18. The van der Waals surface area contributed by atoms with Crippen LogP contribution in [0.4, 0.5) is 0 Å². The number of carbonyl (C=O) groups excluding carboxylic acids is 1. The molecule has 1 fully saturated rings. The molecule has 6 nitrogen and oxygen atoms in total. The van der Waals surface area contributed by atoms with Crippen LogP contribution in [0.15, 0.2) is 30.6 Å². The van der Waals surface area contributed by atoms with Gasteiger partial charge < -0.3 is 15.0 Å². The molecule has 0 aliphatic carbocycles. The van der Waals surface area contributed by atoms with Gasteiger partial charge in [-0.05, 0) is 25.5 Å². The van der Waals surface area contributed by atoms with Crippen molar-refractivity contribution in [2.24, 2.45) is 5.73 Å². The zero-order valence-electron chi connectivity index (χ0n) is 14.5. The average Bonchev–Trinajstić information content (AvgIpc) is 2.95. The highest BCUT2D eigenvalue weighted by molar-refractivity contribution is 5.85. The van der Waals surface area contributed by atoms with Crippen molar-refractivity contribution in [3.63, 3.8) is 0 Å². The smallest absolute Gasteiger partial charge is 0.222 e. The second kappa shape index (κ2) is 9.97. The van der Waals surface area contributed by atoms with E-state index in [1.807, 2.05) is 40.6 Å². The number of hydrogen-bond acceptors (Lipinski definition) is 4. The topological polar surface area (TPSA) is 66.9 Å². The van der Waals surface area contributed by atoms with Crippen molar-refractivity contribution in [2.75, 3.05) is 26.2 Å². The molecule has 3 rings (SSSR count). The molecule has 1 unspecified atom stereocenters. The zero-order valence-corrected chi connectivity index (χ0v) is 16.1. The first kappa shape index (κ1) is 21.7. The van der Waals surface area contributed by atoms with E-state index in [1.54, 1.807) is 0 Å². The highest BCUT2D eigenvalue weighted by Crippen LogP contribution is 2.11. The molecule has 2 N–H and O–H groups in total. The van der Waals surface area contributed by atoms with Gasteiger partial charge in [-0.3, -0.25) is 9.69 Å². The second-order valence-electron chi connectivity index (χ2n) is 6.37. The highest BCUT2D eigenvalue weighted by Gasteiger charge is 2.21. The Morgan fingerprint density at radius 3 is 2.60 bits per heavy atom.